The molecule has 6 heteroatoms. The molecular formula is C15H22N2O3S. The topological polar surface area (TPSA) is 69.6 Å². The highest BCUT2D eigenvalue weighted by Gasteiger charge is 2.21. The van der Waals surface area contributed by atoms with Crippen LogP contribution in [0.5, 0.6) is 0 Å². The summed E-state index contributed by atoms with van der Waals surface area (Å²) >= 11 is 1.56. The summed E-state index contributed by atoms with van der Waals surface area (Å²) in [6.07, 6.45) is 3.25. The first-order valence-corrected chi connectivity index (χ1v) is 8.23. The Morgan fingerprint density at radius 2 is 1.95 bits per heavy atom. The number of thioether (sulfide) groups is 1. The van der Waals surface area contributed by atoms with E-state index in [0.29, 0.717) is 12.2 Å². The molecule has 2 N–H and O–H groups in total. The van der Waals surface area contributed by atoms with E-state index in [1.807, 2.05) is 30.5 Å². The van der Waals surface area contributed by atoms with Gasteiger partial charge in [0.15, 0.2) is 0 Å². The predicted octanol–water partition coefficient (Wildman–Crippen LogP) is 2.60. The van der Waals surface area contributed by atoms with Crippen molar-refractivity contribution in [1.29, 1.82) is 0 Å². The van der Waals surface area contributed by atoms with Crippen molar-refractivity contribution in [3.8, 4) is 0 Å². The Labute approximate surface area is 129 Å². The molecular weight excluding hydrogens is 288 g/mol. The minimum atomic E-state index is -1.01. The Morgan fingerprint density at radius 3 is 2.43 bits per heavy atom. The fourth-order valence-electron chi connectivity index (χ4n) is 1.81. The number of carbonyl (C=O) groups excluding carboxylic acids is 1. The zero-order valence-corrected chi connectivity index (χ0v) is 13.4. The highest BCUT2D eigenvalue weighted by atomic mass is 32.2. The van der Waals surface area contributed by atoms with E-state index < -0.39 is 18.0 Å². The molecule has 1 atom stereocenters. The average molecular weight is 310 g/mol. The van der Waals surface area contributed by atoms with Crippen molar-refractivity contribution < 1.29 is 14.7 Å². The molecule has 5 nitrogen and oxygen atoms in total. The summed E-state index contributed by atoms with van der Waals surface area (Å²) in [6, 6.07) is 6.37. The Kier molecular flexibility index (Phi) is 7.08. The van der Waals surface area contributed by atoms with Gasteiger partial charge in [0.2, 0.25) is 0 Å². The maximum Gasteiger partial charge on any atom is 0.326 e. The van der Waals surface area contributed by atoms with E-state index in [0.717, 1.165) is 12.1 Å². The molecule has 0 aliphatic heterocycles. The summed E-state index contributed by atoms with van der Waals surface area (Å²) in [7, 11) is 1.63. The van der Waals surface area contributed by atoms with Gasteiger partial charge in [0.05, 0.1) is 0 Å². The van der Waals surface area contributed by atoms with Crippen LogP contribution in [0.15, 0.2) is 24.3 Å². The van der Waals surface area contributed by atoms with E-state index in [-0.39, 0.29) is 0 Å². The van der Waals surface area contributed by atoms with Crippen LogP contribution in [-0.4, -0.2) is 42.2 Å². The second kappa shape index (κ2) is 8.56. The molecule has 0 unspecified atom stereocenters. The van der Waals surface area contributed by atoms with Gasteiger partial charge >= 0.3 is 12.0 Å². The van der Waals surface area contributed by atoms with Crippen molar-refractivity contribution >= 4 is 29.4 Å². The number of aliphatic carboxylic acids is 1. The molecule has 1 aromatic rings. The number of nitrogens with zero attached hydrogens (tertiary/aromatic N) is 1. The quantitative estimate of drug-likeness (QED) is 0.812. The molecule has 0 saturated carbocycles. The summed E-state index contributed by atoms with van der Waals surface area (Å²) in [5.41, 5.74) is 1.93. The first-order valence-electron chi connectivity index (χ1n) is 6.84. The SMILES string of the molecule is CCc1ccc(N(C)C(=O)N[C@H](CCSC)C(=O)O)cc1. The smallest absolute Gasteiger partial charge is 0.326 e. The molecule has 0 fully saturated rings. The van der Waals surface area contributed by atoms with E-state index >= 15 is 0 Å². The third-order valence-electron chi connectivity index (χ3n) is 3.24. The molecule has 2 amide bonds. The van der Waals surface area contributed by atoms with Gasteiger partial charge in [0.1, 0.15) is 6.04 Å². The summed E-state index contributed by atoms with van der Waals surface area (Å²) < 4.78 is 0. The fraction of sp³-hybridized carbons (Fsp3) is 0.467. The second-order valence-electron chi connectivity index (χ2n) is 4.70. The van der Waals surface area contributed by atoms with Gasteiger partial charge < -0.3 is 10.4 Å². The van der Waals surface area contributed by atoms with Gasteiger partial charge in [-0.15, -0.1) is 0 Å². The number of hydrogen-bond acceptors (Lipinski definition) is 3. The Balaban J connectivity index is 2.69. The molecule has 1 rings (SSSR count). The van der Waals surface area contributed by atoms with E-state index in [1.54, 1.807) is 18.8 Å². The lowest BCUT2D eigenvalue weighted by molar-refractivity contribution is -0.139. The molecule has 0 heterocycles. The van der Waals surface area contributed by atoms with Crippen LogP contribution >= 0.6 is 11.8 Å². The molecule has 1 aromatic carbocycles. The highest BCUT2D eigenvalue weighted by Crippen LogP contribution is 2.14. The summed E-state index contributed by atoms with van der Waals surface area (Å²) in [5, 5.41) is 11.7. The van der Waals surface area contributed by atoms with Gasteiger partial charge in [-0.1, -0.05) is 19.1 Å². The average Bonchev–Trinajstić information content (AvgIpc) is 2.50. The van der Waals surface area contributed by atoms with Crippen LogP contribution in [-0.2, 0) is 11.2 Å². The van der Waals surface area contributed by atoms with Crippen molar-refractivity contribution in [2.45, 2.75) is 25.8 Å². The number of benzene rings is 1. The molecule has 0 saturated heterocycles. The number of rotatable bonds is 7. The van der Waals surface area contributed by atoms with Gasteiger partial charge in [-0.25, -0.2) is 9.59 Å². The number of urea groups is 1. The van der Waals surface area contributed by atoms with Crippen LogP contribution in [0.2, 0.25) is 0 Å². The molecule has 116 valence electrons. The molecule has 0 aromatic heterocycles. The highest BCUT2D eigenvalue weighted by molar-refractivity contribution is 7.98. The standard InChI is InChI=1S/C15H22N2O3S/c1-4-11-5-7-12(8-6-11)17(2)15(20)16-13(14(18)19)9-10-21-3/h5-8,13H,4,9-10H2,1-3H3,(H,16,20)(H,18,19)/t13-/m1/s1. The van der Waals surface area contributed by atoms with Crippen LogP contribution in [0, 0.1) is 0 Å². The number of carboxylic acid groups (broad SMARTS) is 1. The molecule has 0 aliphatic carbocycles. The molecule has 0 radical (unpaired) electrons. The van der Waals surface area contributed by atoms with E-state index in [9.17, 15) is 9.59 Å². The zero-order valence-electron chi connectivity index (χ0n) is 12.6. The van der Waals surface area contributed by atoms with Crippen LogP contribution in [0.25, 0.3) is 0 Å². The third-order valence-corrected chi connectivity index (χ3v) is 3.89. The van der Waals surface area contributed by atoms with Crippen molar-refractivity contribution in [3.63, 3.8) is 0 Å². The number of nitrogens with one attached hydrogen (secondary N) is 1. The number of carbonyl (C=O) groups is 2. The van der Waals surface area contributed by atoms with Crippen molar-refractivity contribution in [3.05, 3.63) is 29.8 Å². The Morgan fingerprint density at radius 1 is 1.33 bits per heavy atom. The molecule has 0 spiro atoms. The predicted molar refractivity (Wildman–Crippen MR) is 87.2 cm³/mol. The largest absolute Gasteiger partial charge is 0.480 e. The maximum atomic E-state index is 12.1. The lowest BCUT2D eigenvalue weighted by atomic mass is 10.1. The van der Waals surface area contributed by atoms with Crippen molar-refractivity contribution in [2.24, 2.45) is 0 Å². The fourth-order valence-corrected chi connectivity index (χ4v) is 2.28. The number of amides is 2. The summed E-state index contributed by atoms with van der Waals surface area (Å²) in [4.78, 5) is 24.7. The Hall–Kier alpha value is -1.69. The zero-order chi connectivity index (χ0) is 15.8. The molecule has 0 aliphatic rings. The molecule has 21 heavy (non-hydrogen) atoms. The van der Waals surface area contributed by atoms with Gasteiger partial charge in [0.25, 0.3) is 0 Å². The van der Waals surface area contributed by atoms with E-state index in [1.165, 1.54) is 10.5 Å². The van der Waals surface area contributed by atoms with Gasteiger partial charge in [-0.3, -0.25) is 4.90 Å². The minimum absolute atomic E-state index is 0.408. The maximum absolute atomic E-state index is 12.1. The minimum Gasteiger partial charge on any atom is -0.480 e. The number of hydrogen-bond donors (Lipinski definition) is 2. The summed E-state index contributed by atoms with van der Waals surface area (Å²) in [5.74, 6) is -0.321. The van der Waals surface area contributed by atoms with Gasteiger partial charge in [-0.2, -0.15) is 11.8 Å². The second-order valence-corrected chi connectivity index (χ2v) is 5.69. The first-order chi connectivity index (χ1) is 9.99. The van der Waals surface area contributed by atoms with Crippen LogP contribution in [0.4, 0.5) is 10.5 Å². The normalized spacial score (nSPS) is 11.8. The van der Waals surface area contributed by atoms with Crippen molar-refractivity contribution in [1.82, 2.24) is 5.32 Å². The Bertz CT molecular complexity index is 476. The number of anilines is 1. The van der Waals surface area contributed by atoms with Crippen LogP contribution in [0.1, 0.15) is 18.9 Å². The van der Waals surface area contributed by atoms with Gasteiger partial charge in [0, 0.05) is 12.7 Å². The van der Waals surface area contributed by atoms with E-state index in [4.69, 9.17) is 5.11 Å². The molecule has 0 bridgehead atoms. The summed E-state index contributed by atoms with van der Waals surface area (Å²) in [6.45, 7) is 2.06. The lowest BCUT2D eigenvalue weighted by Crippen LogP contribution is -2.47. The number of carboxylic acids is 1. The van der Waals surface area contributed by atoms with Crippen LogP contribution < -0.4 is 10.2 Å². The number of aryl methyl sites for hydroxylation is 1. The van der Waals surface area contributed by atoms with Crippen molar-refractivity contribution in [2.75, 3.05) is 24.0 Å². The first kappa shape index (κ1) is 17.4. The lowest BCUT2D eigenvalue weighted by Gasteiger charge is -2.21. The van der Waals surface area contributed by atoms with Gasteiger partial charge in [-0.05, 0) is 42.5 Å². The third kappa shape index (κ3) is 5.30. The van der Waals surface area contributed by atoms with E-state index in [2.05, 4.69) is 12.2 Å². The monoisotopic (exact) mass is 310 g/mol. The van der Waals surface area contributed by atoms with Crippen LogP contribution in [0.3, 0.4) is 0 Å².